The van der Waals surface area contributed by atoms with Crippen LogP contribution in [0, 0.1) is 5.82 Å². The van der Waals surface area contributed by atoms with Crippen LogP contribution in [0.4, 0.5) is 4.39 Å². The summed E-state index contributed by atoms with van der Waals surface area (Å²) in [6.07, 6.45) is 5.46. The second-order valence-corrected chi connectivity index (χ2v) is 6.92. The summed E-state index contributed by atoms with van der Waals surface area (Å²) in [5.74, 6) is 0.541. The molecule has 29 heavy (non-hydrogen) atoms. The first-order valence-electron chi connectivity index (χ1n) is 9.77. The molecule has 0 spiro atoms. The third-order valence-corrected chi connectivity index (χ3v) is 5.04. The number of pyridine rings is 1. The quantitative estimate of drug-likeness (QED) is 0.347. The zero-order chi connectivity index (χ0) is 20.1. The first-order chi connectivity index (χ1) is 14.2. The molecule has 4 rings (SSSR count). The average molecular weight is 389 g/mol. The summed E-state index contributed by atoms with van der Waals surface area (Å²) >= 11 is 0. The number of aromatic nitrogens is 2. The predicted octanol–water partition coefficient (Wildman–Crippen LogP) is 3.81. The Morgan fingerprint density at radius 1 is 1.03 bits per heavy atom. The number of para-hydroxylation sites is 1. The van der Waals surface area contributed by atoms with E-state index in [2.05, 4.69) is 49.9 Å². The molecule has 2 heterocycles. The number of benzene rings is 2. The van der Waals surface area contributed by atoms with Crippen LogP contribution in [0.3, 0.4) is 0 Å². The van der Waals surface area contributed by atoms with E-state index in [1.807, 2.05) is 24.5 Å². The van der Waals surface area contributed by atoms with Crippen LogP contribution in [-0.2, 0) is 12.8 Å². The molecule has 0 aliphatic heterocycles. The SMILES string of the molecule is CN=C(NCCc1c[nH]c2cc(F)ccc12)NCCc1cccc2cccnc12. The molecule has 6 heteroatoms. The highest BCUT2D eigenvalue weighted by molar-refractivity contribution is 5.84. The molecule has 0 amide bonds. The number of aromatic amines is 1. The Hall–Kier alpha value is -3.41. The molecule has 0 bridgehead atoms. The van der Waals surface area contributed by atoms with E-state index < -0.39 is 0 Å². The lowest BCUT2D eigenvalue weighted by atomic mass is 10.1. The Morgan fingerprint density at radius 3 is 2.66 bits per heavy atom. The fourth-order valence-corrected chi connectivity index (χ4v) is 3.59. The first kappa shape index (κ1) is 18.9. The lowest BCUT2D eigenvalue weighted by molar-refractivity contribution is 0.629. The van der Waals surface area contributed by atoms with Gasteiger partial charge in [-0.2, -0.15) is 0 Å². The standard InChI is InChI=1S/C23H24FN5/c1-25-23(27-12-9-17-5-2-4-16-6-3-11-26-22(16)17)28-13-10-18-15-29-21-14-19(24)7-8-20(18)21/h2-8,11,14-15,29H,9-10,12-13H2,1H3,(H2,25,27,28). The molecule has 0 unspecified atom stereocenters. The second kappa shape index (κ2) is 8.73. The van der Waals surface area contributed by atoms with Gasteiger partial charge in [0.15, 0.2) is 5.96 Å². The van der Waals surface area contributed by atoms with E-state index in [1.54, 1.807) is 7.05 Å². The Bertz CT molecular complexity index is 1140. The summed E-state index contributed by atoms with van der Waals surface area (Å²) in [6, 6.07) is 15.1. The Kier molecular flexibility index (Phi) is 5.70. The van der Waals surface area contributed by atoms with Crippen molar-refractivity contribution in [2.75, 3.05) is 20.1 Å². The lowest BCUT2D eigenvalue weighted by Gasteiger charge is -2.12. The smallest absolute Gasteiger partial charge is 0.190 e. The molecular weight excluding hydrogens is 365 g/mol. The number of aliphatic imine (C=N–C) groups is 1. The van der Waals surface area contributed by atoms with Crippen molar-refractivity contribution in [1.29, 1.82) is 0 Å². The summed E-state index contributed by atoms with van der Waals surface area (Å²) in [4.78, 5) is 11.9. The van der Waals surface area contributed by atoms with E-state index in [9.17, 15) is 4.39 Å². The van der Waals surface area contributed by atoms with Gasteiger partial charge >= 0.3 is 0 Å². The number of H-pyrrole nitrogens is 1. The van der Waals surface area contributed by atoms with Gasteiger partial charge in [0.2, 0.25) is 0 Å². The van der Waals surface area contributed by atoms with Crippen molar-refractivity contribution in [1.82, 2.24) is 20.6 Å². The zero-order valence-corrected chi connectivity index (χ0v) is 16.4. The molecule has 0 saturated heterocycles. The molecule has 3 N–H and O–H groups in total. The van der Waals surface area contributed by atoms with Gasteiger partial charge in [-0.3, -0.25) is 9.98 Å². The largest absolute Gasteiger partial charge is 0.361 e. The summed E-state index contributed by atoms with van der Waals surface area (Å²) in [5.41, 5.74) is 4.25. The molecule has 0 saturated carbocycles. The van der Waals surface area contributed by atoms with E-state index in [-0.39, 0.29) is 5.82 Å². The van der Waals surface area contributed by atoms with E-state index in [0.29, 0.717) is 0 Å². The molecule has 0 aliphatic rings. The van der Waals surface area contributed by atoms with Crippen molar-refractivity contribution in [3.05, 3.63) is 77.9 Å². The van der Waals surface area contributed by atoms with E-state index in [1.165, 1.54) is 17.7 Å². The molecule has 0 aliphatic carbocycles. The minimum Gasteiger partial charge on any atom is -0.361 e. The number of nitrogens with zero attached hydrogens (tertiary/aromatic N) is 2. The van der Waals surface area contributed by atoms with Crippen molar-refractivity contribution in [2.24, 2.45) is 4.99 Å². The van der Waals surface area contributed by atoms with Gasteiger partial charge in [-0.15, -0.1) is 0 Å². The number of hydrogen-bond donors (Lipinski definition) is 3. The van der Waals surface area contributed by atoms with Crippen LogP contribution < -0.4 is 10.6 Å². The molecule has 2 aromatic heterocycles. The molecule has 0 radical (unpaired) electrons. The number of rotatable bonds is 6. The van der Waals surface area contributed by atoms with Gasteiger partial charge in [0.25, 0.3) is 0 Å². The monoisotopic (exact) mass is 389 g/mol. The van der Waals surface area contributed by atoms with Gasteiger partial charge in [0.1, 0.15) is 5.82 Å². The summed E-state index contributed by atoms with van der Waals surface area (Å²) in [5, 5.41) is 8.92. The average Bonchev–Trinajstić information content (AvgIpc) is 3.14. The van der Waals surface area contributed by atoms with Gasteiger partial charge in [0.05, 0.1) is 5.52 Å². The van der Waals surface area contributed by atoms with E-state index >= 15 is 0 Å². The third-order valence-electron chi connectivity index (χ3n) is 5.04. The summed E-state index contributed by atoms with van der Waals surface area (Å²) in [6.45, 7) is 1.50. The van der Waals surface area contributed by atoms with Crippen LogP contribution in [0.5, 0.6) is 0 Å². The minimum absolute atomic E-state index is 0.227. The summed E-state index contributed by atoms with van der Waals surface area (Å²) < 4.78 is 13.3. The van der Waals surface area contributed by atoms with Crippen LogP contribution >= 0.6 is 0 Å². The highest BCUT2D eigenvalue weighted by Gasteiger charge is 2.06. The molecule has 4 aromatic rings. The second-order valence-electron chi connectivity index (χ2n) is 6.92. The minimum atomic E-state index is -0.227. The number of halogens is 1. The van der Waals surface area contributed by atoms with Crippen molar-refractivity contribution in [2.45, 2.75) is 12.8 Å². The highest BCUT2D eigenvalue weighted by atomic mass is 19.1. The topological polar surface area (TPSA) is 65.1 Å². The fraction of sp³-hybridized carbons (Fsp3) is 0.217. The number of nitrogens with one attached hydrogen (secondary N) is 3. The number of guanidine groups is 1. The molecule has 148 valence electrons. The normalized spacial score (nSPS) is 11.9. The molecular formula is C23H24FN5. The molecule has 0 fully saturated rings. The van der Waals surface area contributed by atoms with Crippen molar-refractivity contribution < 1.29 is 4.39 Å². The number of hydrogen-bond acceptors (Lipinski definition) is 2. The van der Waals surface area contributed by atoms with Gasteiger partial charge in [0, 0.05) is 48.8 Å². The third kappa shape index (κ3) is 4.37. The first-order valence-corrected chi connectivity index (χ1v) is 9.77. The van der Waals surface area contributed by atoms with Crippen LogP contribution in [0.1, 0.15) is 11.1 Å². The summed E-state index contributed by atoms with van der Waals surface area (Å²) in [7, 11) is 1.77. The fourth-order valence-electron chi connectivity index (χ4n) is 3.59. The van der Waals surface area contributed by atoms with Crippen molar-refractivity contribution in [3.63, 3.8) is 0 Å². The van der Waals surface area contributed by atoms with E-state index in [4.69, 9.17) is 0 Å². The maximum atomic E-state index is 13.3. The highest BCUT2D eigenvalue weighted by Crippen LogP contribution is 2.19. The van der Waals surface area contributed by atoms with Crippen LogP contribution in [0.15, 0.2) is 65.9 Å². The van der Waals surface area contributed by atoms with Gasteiger partial charge in [-0.05, 0) is 48.2 Å². The molecule has 0 atom stereocenters. The number of fused-ring (bicyclic) bond motifs is 2. The van der Waals surface area contributed by atoms with Crippen LogP contribution in [0.2, 0.25) is 0 Å². The maximum absolute atomic E-state index is 13.3. The van der Waals surface area contributed by atoms with Gasteiger partial charge in [-0.25, -0.2) is 4.39 Å². The predicted molar refractivity (Wildman–Crippen MR) is 117 cm³/mol. The lowest BCUT2D eigenvalue weighted by Crippen LogP contribution is -2.39. The Labute approximate surface area is 169 Å². The van der Waals surface area contributed by atoms with Crippen molar-refractivity contribution in [3.8, 4) is 0 Å². The Balaban J connectivity index is 1.29. The van der Waals surface area contributed by atoms with Crippen LogP contribution in [-0.4, -0.2) is 36.1 Å². The van der Waals surface area contributed by atoms with Crippen LogP contribution in [0.25, 0.3) is 21.8 Å². The zero-order valence-electron chi connectivity index (χ0n) is 16.4. The Morgan fingerprint density at radius 2 is 1.83 bits per heavy atom. The van der Waals surface area contributed by atoms with Gasteiger partial charge in [-0.1, -0.05) is 24.3 Å². The molecule has 2 aromatic carbocycles. The maximum Gasteiger partial charge on any atom is 0.190 e. The van der Waals surface area contributed by atoms with Crippen molar-refractivity contribution >= 4 is 27.8 Å². The van der Waals surface area contributed by atoms with Gasteiger partial charge < -0.3 is 15.6 Å². The van der Waals surface area contributed by atoms with E-state index in [0.717, 1.165) is 59.3 Å². The molecule has 5 nitrogen and oxygen atoms in total.